The largest absolute Gasteiger partial charge is 0.510 e. The van der Waals surface area contributed by atoms with Crippen LogP contribution < -0.4 is 5.73 Å². The van der Waals surface area contributed by atoms with Crippen molar-refractivity contribution in [1.82, 2.24) is 4.90 Å². The number of carbonyl (C=O) groups excluding carboxylic acids is 3. The molecule has 0 heterocycles. The molecule has 1 unspecified atom stereocenters. The molecule has 10 nitrogen and oxygen atoms in total. The number of phenolic OH excluding ortho intramolecular Hbond substituents is 1. The van der Waals surface area contributed by atoms with E-state index >= 15 is 0 Å². The van der Waals surface area contributed by atoms with Crippen molar-refractivity contribution in [1.29, 1.82) is 0 Å². The van der Waals surface area contributed by atoms with Crippen LogP contribution in [-0.2, 0) is 15.2 Å². The second kappa shape index (κ2) is 8.45. The fraction of sp³-hybridized carbons (Fsp3) is 0.409. The smallest absolute Gasteiger partial charge is 0.255 e. The summed E-state index contributed by atoms with van der Waals surface area (Å²) in [7, 11) is 3.13. The summed E-state index contributed by atoms with van der Waals surface area (Å²) in [6.07, 6.45) is -2.48. The second-order valence-corrected chi connectivity index (χ2v) is 9.00. The molecule has 0 aliphatic heterocycles. The van der Waals surface area contributed by atoms with E-state index in [1.807, 2.05) is 0 Å². The lowest BCUT2D eigenvalue weighted by Crippen LogP contribution is -2.46. The first-order valence-corrected chi connectivity index (χ1v) is 10.4. The van der Waals surface area contributed by atoms with Crippen molar-refractivity contribution in [2.24, 2.45) is 11.7 Å². The lowest BCUT2D eigenvalue weighted by molar-refractivity contribution is -0.126. The molecule has 0 saturated carbocycles. The van der Waals surface area contributed by atoms with Crippen LogP contribution in [0.5, 0.6) is 5.75 Å². The van der Waals surface area contributed by atoms with Gasteiger partial charge in [0.1, 0.15) is 22.8 Å². The number of halogens is 1. The normalized spacial score (nSPS) is 33.0. The van der Waals surface area contributed by atoms with Crippen LogP contribution in [0, 0.1) is 5.92 Å². The lowest BCUT2D eigenvalue weighted by Gasteiger charge is -2.42. The van der Waals surface area contributed by atoms with Gasteiger partial charge in [0.25, 0.3) is 5.91 Å². The number of aliphatic hydroxyl groups excluding tert-OH is 3. The molecule has 1 amide bonds. The predicted molar refractivity (Wildman–Crippen MR) is 117 cm³/mol. The van der Waals surface area contributed by atoms with E-state index in [1.165, 1.54) is 17.9 Å². The van der Waals surface area contributed by atoms with Gasteiger partial charge in [-0.1, -0.05) is 11.6 Å². The molecule has 0 fully saturated rings. The number of carbonyl (C=O) groups is 3. The maximum Gasteiger partial charge on any atom is 0.255 e. The molecule has 7 N–H and O–H groups in total. The van der Waals surface area contributed by atoms with Crippen LogP contribution in [0.4, 0.5) is 0 Å². The van der Waals surface area contributed by atoms with E-state index in [-0.39, 0.29) is 29.0 Å². The average molecular weight is 481 g/mol. The lowest BCUT2D eigenvalue weighted by atomic mass is 9.66. The number of rotatable bonds is 2. The van der Waals surface area contributed by atoms with Gasteiger partial charge in [0, 0.05) is 22.1 Å². The molecule has 11 heteroatoms. The van der Waals surface area contributed by atoms with Crippen LogP contribution >= 0.6 is 11.6 Å². The van der Waals surface area contributed by atoms with Crippen molar-refractivity contribution >= 4 is 29.1 Å². The molecule has 0 saturated heterocycles. The zero-order valence-electron chi connectivity index (χ0n) is 18.2. The van der Waals surface area contributed by atoms with Gasteiger partial charge in [-0.05, 0) is 46.0 Å². The first-order chi connectivity index (χ1) is 15.2. The Morgan fingerprint density at radius 1 is 1.15 bits per heavy atom. The number of fused-ring (bicyclic) bond motifs is 2. The zero-order valence-corrected chi connectivity index (χ0v) is 18.9. The van der Waals surface area contributed by atoms with E-state index in [2.05, 4.69) is 0 Å². The number of likely N-dealkylation sites (N-methyl/N-ethyl adjacent to an activating group) is 1. The number of hydrogen-bond acceptors (Lipinski definition) is 9. The summed E-state index contributed by atoms with van der Waals surface area (Å²) in [5.41, 5.74) is 1.49. The molecule has 178 valence electrons. The van der Waals surface area contributed by atoms with Crippen LogP contribution in [0.1, 0.15) is 35.7 Å². The van der Waals surface area contributed by atoms with E-state index in [9.17, 15) is 39.9 Å². The Bertz CT molecular complexity index is 1120. The van der Waals surface area contributed by atoms with Gasteiger partial charge in [-0.25, -0.2) is 0 Å². The zero-order chi connectivity index (χ0) is 25.0. The molecule has 0 spiro atoms. The van der Waals surface area contributed by atoms with Gasteiger partial charge in [-0.2, -0.15) is 0 Å². The highest BCUT2D eigenvalue weighted by Gasteiger charge is 2.51. The van der Waals surface area contributed by atoms with Gasteiger partial charge in [-0.15, -0.1) is 0 Å². The van der Waals surface area contributed by atoms with E-state index in [4.69, 9.17) is 17.3 Å². The summed E-state index contributed by atoms with van der Waals surface area (Å²) < 4.78 is 0. The maximum atomic E-state index is 13.4. The standard InChI is InChI=1S/C22H25ClN2O8/c1-22(33)8-4-6-10(25(2)3)16(27)14(21(24)32)19(30)20(31)18(29)12(8)17(28)13-11(26)7-5-9(23)15(13)22/h5,7-8,10,20,26-27,29,31,33H,4,6H2,1-3H3,(H2,24,32)/b16-14-,18-12-/t8?,10-,20+,22+/m1/s1. The third-order valence-electron chi connectivity index (χ3n) is 6.34. The highest BCUT2D eigenvalue weighted by molar-refractivity contribution is 6.33. The quantitative estimate of drug-likeness (QED) is 0.334. The van der Waals surface area contributed by atoms with Crippen molar-refractivity contribution in [3.05, 3.63) is 50.9 Å². The van der Waals surface area contributed by atoms with Crippen LogP contribution in [0.15, 0.2) is 34.8 Å². The van der Waals surface area contributed by atoms with E-state index in [1.54, 1.807) is 14.1 Å². The van der Waals surface area contributed by atoms with Crippen molar-refractivity contribution in [2.75, 3.05) is 14.1 Å². The molecule has 33 heavy (non-hydrogen) atoms. The minimum Gasteiger partial charge on any atom is -0.510 e. The SMILES string of the molecule is CN(C)[C@@H]1CCC2/C(=C(/O)[C@H](O)C(=O)/C(C(N)=O)=C\1O)C(=O)c1c(O)ccc(Cl)c1[C@@]2(C)O. The topological polar surface area (TPSA) is 182 Å². The van der Waals surface area contributed by atoms with E-state index < -0.39 is 69.6 Å². The molecule has 1 aromatic rings. The number of Topliss-reactive ketones (excluding diaryl/α,β-unsaturated/α-hetero) is 2. The van der Waals surface area contributed by atoms with Gasteiger partial charge in [0.15, 0.2) is 11.9 Å². The Morgan fingerprint density at radius 3 is 2.30 bits per heavy atom. The van der Waals surface area contributed by atoms with Crippen molar-refractivity contribution < 1.29 is 39.9 Å². The van der Waals surface area contributed by atoms with Crippen molar-refractivity contribution in [2.45, 2.75) is 37.5 Å². The van der Waals surface area contributed by atoms with Gasteiger partial charge in [0.2, 0.25) is 5.78 Å². The monoisotopic (exact) mass is 480 g/mol. The Labute approximate surface area is 194 Å². The molecule has 0 radical (unpaired) electrons. The molecule has 2 aliphatic carbocycles. The summed E-state index contributed by atoms with van der Waals surface area (Å²) in [6, 6.07) is 1.50. The number of amides is 1. The minimum absolute atomic E-state index is 0.00340. The van der Waals surface area contributed by atoms with Crippen LogP contribution in [0.3, 0.4) is 0 Å². The fourth-order valence-electron chi connectivity index (χ4n) is 4.67. The van der Waals surface area contributed by atoms with Crippen LogP contribution in [-0.4, -0.2) is 74.1 Å². The third kappa shape index (κ3) is 3.78. The number of nitrogens with zero attached hydrogens (tertiary/aromatic N) is 1. The van der Waals surface area contributed by atoms with Crippen molar-refractivity contribution in [3.63, 3.8) is 0 Å². The maximum absolute atomic E-state index is 13.4. The molecule has 2 aliphatic rings. The summed E-state index contributed by atoms with van der Waals surface area (Å²) in [4.78, 5) is 39.7. The number of phenols is 1. The van der Waals surface area contributed by atoms with E-state index in [0.29, 0.717) is 0 Å². The molecular formula is C22H25ClN2O8. The number of ketones is 2. The first kappa shape index (κ1) is 24.7. The molecule has 0 aromatic heterocycles. The number of nitrogens with two attached hydrogens (primary N) is 1. The Kier molecular flexibility index (Phi) is 6.33. The Morgan fingerprint density at radius 2 is 1.76 bits per heavy atom. The summed E-state index contributed by atoms with van der Waals surface area (Å²) >= 11 is 6.26. The molecular weight excluding hydrogens is 456 g/mol. The highest BCUT2D eigenvalue weighted by atomic mass is 35.5. The van der Waals surface area contributed by atoms with Crippen LogP contribution in [0.25, 0.3) is 0 Å². The number of aromatic hydroxyl groups is 1. The molecule has 3 rings (SSSR count). The van der Waals surface area contributed by atoms with Gasteiger partial charge < -0.3 is 31.3 Å². The first-order valence-electron chi connectivity index (χ1n) is 10.1. The van der Waals surface area contributed by atoms with E-state index in [0.717, 1.165) is 6.07 Å². The van der Waals surface area contributed by atoms with Crippen LogP contribution in [0.2, 0.25) is 5.02 Å². The van der Waals surface area contributed by atoms with Gasteiger partial charge >= 0.3 is 0 Å². The number of hydrogen-bond donors (Lipinski definition) is 6. The fourth-order valence-corrected chi connectivity index (χ4v) is 5.02. The summed E-state index contributed by atoms with van der Waals surface area (Å²) in [5.74, 6) is -7.20. The predicted octanol–water partition coefficient (Wildman–Crippen LogP) is 0.829. The third-order valence-corrected chi connectivity index (χ3v) is 6.65. The number of benzene rings is 1. The molecule has 4 atom stereocenters. The number of primary amides is 1. The Hall–Kier alpha value is -2.92. The average Bonchev–Trinajstić information content (AvgIpc) is 2.71. The minimum atomic E-state index is -2.43. The number of aliphatic hydroxyl groups is 4. The second-order valence-electron chi connectivity index (χ2n) is 8.59. The molecule has 0 bridgehead atoms. The van der Waals surface area contributed by atoms with Gasteiger partial charge in [-0.3, -0.25) is 19.3 Å². The summed E-state index contributed by atoms with van der Waals surface area (Å²) in [6.45, 7) is 1.33. The summed E-state index contributed by atoms with van der Waals surface area (Å²) in [5, 5.41) is 53.9. The molecule has 1 aromatic carbocycles. The van der Waals surface area contributed by atoms with Crippen molar-refractivity contribution in [3.8, 4) is 5.75 Å². The highest BCUT2D eigenvalue weighted by Crippen LogP contribution is 2.50. The van der Waals surface area contributed by atoms with Gasteiger partial charge in [0.05, 0.1) is 17.2 Å². The Balaban J connectivity index is 2.36.